The van der Waals surface area contributed by atoms with E-state index >= 15 is 4.79 Å². The molecule has 1 aromatic heterocycles. The smallest absolute Gasteiger partial charge is 0.326 e. The van der Waals surface area contributed by atoms with Crippen molar-refractivity contribution in [2.45, 2.75) is 99.3 Å². The molecule has 1 saturated heterocycles. The number of hydrogen-bond donors (Lipinski definition) is 0. The Labute approximate surface area is 352 Å². The van der Waals surface area contributed by atoms with Crippen molar-refractivity contribution in [1.82, 2.24) is 10.1 Å². The zero-order valence-corrected chi connectivity index (χ0v) is 36.6. The summed E-state index contributed by atoms with van der Waals surface area (Å²) >= 11 is 1.52. The number of fused-ring (bicyclic) bond motifs is 4. The van der Waals surface area contributed by atoms with Crippen LogP contribution in [-0.4, -0.2) is 55.1 Å². The predicted molar refractivity (Wildman–Crippen MR) is 231 cm³/mol. The summed E-state index contributed by atoms with van der Waals surface area (Å²) in [6.45, 7) is 9.41. The molecule has 9 nitrogen and oxygen atoms in total. The Morgan fingerprint density at radius 1 is 0.814 bits per heavy atom. The molecule has 0 unspecified atom stereocenters. The number of carbonyl (C=O) groups is 2. The third kappa shape index (κ3) is 7.45. The molecule has 3 aliphatic rings. The molecule has 7 atom stereocenters. The van der Waals surface area contributed by atoms with E-state index in [4.69, 9.17) is 23.2 Å². The van der Waals surface area contributed by atoms with Crippen molar-refractivity contribution < 1.29 is 32.7 Å². The van der Waals surface area contributed by atoms with Crippen molar-refractivity contribution in [1.29, 1.82) is 0 Å². The first-order valence-corrected chi connectivity index (χ1v) is 24.3. The van der Waals surface area contributed by atoms with Gasteiger partial charge >= 0.3 is 5.97 Å². The van der Waals surface area contributed by atoms with Crippen molar-refractivity contribution in [3.8, 4) is 11.6 Å². The van der Waals surface area contributed by atoms with E-state index in [2.05, 4.69) is 62.0 Å². The largest absolute Gasteiger partial charge is 0.489 e. The molecule has 2 heterocycles. The Kier molecular flexibility index (Phi) is 11.9. The lowest BCUT2D eigenvalue weighted by Gasteiger charge is -2.52. The fourth-order valence-corrected chi connectivity index (χ4v) is 14.2. The molecule has 11 heteroatoms. The van der Waals surface area contributed by atoms with E-state index in [9.17, 15) is 4.79 Å². The summed E-state index contributed by atoms with van der Waals surface area (Å²) in [7, 11) is 1.49. The number of thioether (sulfide) groups is 1. The average molecular weight is 831 g/mol. The minimum atomic E-state index is -2.45. The van der Waals surface area contributed by atoms with Gasteiger partial charge in [-0.3, -0.25) is 14.5 Å². The van der Waals surface area contributed by atoms with Gasteiger partial charge < -0.3 is 23.2 Å². The van der Waals surface area contributed by atoms with Crippen LogP contribution in [0.15, 0.2) is 119 Å². The molecule has 0 N–H and O–H groups in total. The molecule has 0 spiro atoms. The topological polar surface area (TPSA) is 100 Å². The first-order valence-electron chi connectivity index (χ1n) is 20.9. The van der Waals surface area contributed by atoms with E-state index in [1.807, 2.05) is 99.0 Å². The van der Waals surface area contributed by atoms with Crippen molar-refractivity contribution >= 4 is 31.8 Å². The number of nitrogens with zero attached hydrogens (tertiary/aromatic N) is 2. The minimum Gasteiger partial charge on any atom is -0.489 e. The number of esters is 1. The second kappa shape index (κ2) is 17.1. The van der Waals surface area contributed by atoms with Gasteiger partial charge in [0.1, 0.15) is 30.6 Å². The van der Waals surface area contributed by atoms with E-state index in [-0.39, 0.29) is 35.7 Å². The molecule has 308 valence electrons. The van der Waals surface area contributed by atoms with Crippen LogP contribution >= 0.6 is 11.8 Å². The molecule has 2 aliphatic carbocycles. The summed E-state index contributed by atoms with van der Waals surface area (Å²) in [6, 6.07) is 38.4. The number of carbonyl (C=O) groups excluding carboxylic acids is 2. The molecular formula is C48H54N2O7SSi. The monoisotopic (exact) mass is 830 g/mol. The summed E-state index contributed by atoms with van der Waals surface area (Å²) in [4.78, 5) is 33.9. The third-order valence-electron chi connectivity index (χ3n) is 13.1. The summed E-state index contributed by atoms with van der Waals surface area (Å²) in [5.74, 6) is -0.470. The lowest BCUT2D eigenvalue weighted by atomic mass is 9.63. The Balaban J connectivity index is 1.30. The molecule has 0 amide bonds. The van der Waals surface area contributed by atoms with Crippen LogP contribution in [0.25, 0.3) is 0 Å². The van der Waals surface area contributed by atoms with Crippen molar-refractivity contribution in [2.24, 2.45) is 11.8 Å². The van der Waals surface area contributed by atoms with Gasteiger partial charge in [-0.2, -0.15) is 0 Å². The van der Waals surface area contributed by atoms with Crippen molar-refractivity contribution in [2.75, 3.05) is 14.1 Å². The summed E-state index contributed by atoms with van der Waals surface area (Å²) < 4.78 is 32.3. The van der Waals surface area contributed by atoms with Gasteiger partial charge in [0.05, 0.1) is 6.04 Å². The molecule has 0 bridgehead atoms. The molecule has 0 saturated carbocycles. The quantitative estimate of drug-likeness (QED) is 0.0794. The van der Waals surface area contributed by atoms with E-state index in [1.54, 1.807) is 0 Å². The molecule has 5 aromatic rings. The Morgan fingerprint density at radius 2 is 1.42 bits per heavy atom. The summed E-state index contributed by atoms with van der Waals surface area (Å²) in [5.41, 5.74) is 4.19. The average Bonchev–Trinajstić information content (AvgIpc) is 3.64. The molecule has 1 aliphatic heterocycles. The number of rotatable bonds is 14. The van der Waals surface area contributed by atoms with Crippen LogP contribution in [0.2, 0.25) is 18.1 Å². The highest BCUT2D eigenvalue weighted by atomic mass is 32.2. The second-order valence-corrected chi connectivity index (χ2v) is 22.5. The van der Waals surface area contributed by atoms with Crippen LogP contribution in [-0.2, 0) is 27.2 Å². The molecular weight excluding hydrogens is 777 g/mol. The summed E-state index contributed by atoms with van der Waals surface area (Å²) in [6.07, 6.45) is -1.35. The molecule has 4 aromatic carbocycles. The number of ether oxygens (including phenoxy) is 3. The standard InChI is InChI=1S/C48H54N2O7SSi/c1-7-59(8-2,9-3)57-45-39-35(26-19-27-38(39)53-29-32-20-13-10-14-21-32)31(4)37-28-36-41(50(5)6)44-40(46(49-56-44)54-30-33-22-15-11-16-23-33)42(51)43(36)55-47(52)48(37,45)58-34-24-17-12-18-25-34/h10-27,31,36-37,41,43,45H,7-9,28-30H2,1-6H3/t31-,36-,37-,41-,43+,45+,48+/m0/s1. The fourth-order valence-electron chi connectivity index (χ4n) is 9.73. The SMILES string of the molecule is CC[Si](CC)(CC)O[C@@H]1c2c(OCc3ccccc3)cccc2[C@H](C)[C@@H]2C[C@H]3[C@H](N(C)C)c4onc(OCc5ccccc5)c4C(=O)[C@@H]3OC(=O)[C@]12Sc1ccccc1. The molecule has 8 rings (SSSR count). The van der Waals surface area contributed by atoms with Gasteiger partial charge in [0, 0.05) is 16.4 Å². The normalized spacial score (nSPS) is 24.9. The molecule has 1 fully saturated rings. The Hall–Kier alpha value is -4.68. The fraction of sp³-hybridized carbons (Fsp3) is 0.396. The second-order valence-electron chi connectivity index (χ2n) is 16.4. The Morgan fingerprint density at radius 3 is 2.03 bits per heavy atom. The highest BCUT2D eigenvalue weighted by Crippen LogP contribution is 2.65. The zero-order chi connectivity index (χ0) is 41.3. The maximum absolute atomic E-state index is 15.9. The van der Waals surface area contributed by atoms with E-state index in [0.717, 1.165) is 45.3 Å². The van der Waals surface area contributed by atoms with E-state index < -0.39 is 43.2 Å². The van der Waals surface area contributed by atoms with Crippen LogP contribution in [0.1, 0.15) is 90.6 Å². The molecule has 59 heavy (non-hydrogen) atoms. The maximum Gasteiger partial charge on any atom is 0.326 e. The lowest BCUT2D eigenvalue weighted by molar-refractivity contribution is -0.155. The zero-order valence-electron chi connectivity index (χ0n) is 34.8. The van der Waals surface area contributed by atoms with Crippen molar-refractivity contribution in [3.63, 3.8) is 0 Å². The van der Waals surface area contributed by atoms with Gasteiger partial charge in [0.25, 0.3) is 5.88 Å². The minimum absolute atomic E-state index is 0.108. The van der Waals surface area contributed by atoms with Crippen LogP contribution in [0.5, 0.6) is 11.6 Å². The van der Waals surface area contributed by atoms with Crippen LogP contribution in [0, 0.1) is 11.8 Å². The van der Waals surface area contributed by atoms with Gasteiger partial charge in [0.2, 0.25) is 5.78 Å². The first kappa shape index (κ1) is 41.1. The molecule has 0 radical (unpaired) electrons. The van der Waals surface area contributed by atoms with Gasteiger partial charge in [-0.25, -0.2) is 0 Å². The highest BCUT2D eigenvalue weighted by molar-refractivity contribution is 8.01. The predicted octanol–water partition coefficient (Wildman–Crippen LogP) is 10.6. The summed E-state index contributed by atoms with van der Waals surface area (Å²) in [5, 5.41) is 4.30. The van der Waals surface area contributed by atoms with Gasteiger partial charge in [-0.1, -0.05) is 119 Å². The third-order valence-corrected chi connectivity index (χ3v) is 19.2. The number of ketones is 1. The van der Waals surface area contributed by atoms with Gasteiger partial charge in [0.15, 0.2) is 24.9 Å². The lowest BCUT2D eigenvalue weighted by Crippen LogP contribution is -2.56. The Bertz CT molecular complexity index is 2240. The van der Waals surface area contributed by atoms with Crippen LogP contribution in [0.3, 0.4) is 0 Å². The highest BCUT2D eigenvalue weighted by Gasteiger charge is 2.66. The number of aromatic nitrogens is 1. The maximum atomic E-state index is 15.9. The first-order chi connectivity index (χ1) is 28.6. The van der Waals surface area contributed by atoms with Gasteiger partial charge in [-0.05, 0) is 90.5 Å². The number of Topliss-reactive ketones (excluding diaryl/α,β-unsaturated/α-hetero) is 1. The van der Waals surface area contributed by atoms with Crippen LogP contribution in [0.4, 0.5) is 0 Å². The number of hydrogen-bond acceptors (Lipinski definition) is 10. The number of benzene rings is 4. The van der Waals surface area contributed by atoms with Crippen molar-refractivity contribution in [3.05, 3.63) is 143 Å². The van der Waals surface area contributed by atoms with Gasteiger partial charge in [-0.15, -0.1) is 11.8 Å². The van der Waals surface area contributed by atoms with Crippen LogP contribution < -0.4 is 9.47 Å². The van der Waals surface area contributed by atoms with E-state index in [1.165, 1.54) is 11.8 Å². The van der Waals surface area contributed by atoms with E-state index in [0.29, 0.717) is 24.5 Å².